The minimum Gasteiger partial charge on any atom is -0.456 e. The van der Waals surface area contributed by atoms with Crippen LogP contribution in [0.3, 0.4) is 0 Å². The Kier molecular flexibility index (Phi) is 2.88. The Hall–Kier alpha value is -2.27. The van der Waals surface area contributed by atoms with Gasteiger partial charge in [-0.2, -0.15) is 5.26 Å². The van der Waals surface area contributed by atoms with Crippen LogP contribution in [0.25, 0.3) is 0 Å². The van der Waals surface area contributed by atoms with Gasteiger partial charge in [0.05, 0.1) is 5.56 Å². The number of nitriles is 1. The monoisotopic (exact) mass is 209 g/mol. The van der Waals surface area contributed by atoms with Crippen molar-refractivity contribution in [3.63, 3.8) is 0 Å². The van der Waals surface area contributed by atoms with E-state index in [1.165, 1.54) is 0 Å². The molecule has 2 heteroatoms. The Morgan fingerprint density at radius 3 is 2.50 bits per heavy atom. The molecule has 0 aromatic heterocycles. The topological polar surface area (TPSA) is 33.0 Å². The largest absolute Gasteiger partial charge is 0.456 e. The third-order valence-corrected chi connectivity index (χ3v) is 2.23. The number of aryl methyl sites for hydroxylation is 1. The first-order valence-corrected chi connectivity index (χ1v) is 5.03. The highest BCUT2D eigenvalue weighted by Crippen LogP contribution is 2.25. The van der Waals surface area contributed by atoms with Crippen molar-refractivity contribution in [3.8, 4) is 17.6 Å². The minimum atomic E-state index is 0.550. The summed E-state index contributed by atoms with van der Waals surface area (Å²) < 4.78 is 5.66. The zero-order valence-electron chi connectivity index (χ0n) is 8.97. The third kappa shape index (κ3) is 2.21. The van der Waals surface area contributed by atoms with Crippen LogP contribution in [-0.2, 0) is 0 Å². The van der Waals surface area contributed by atoms with Crippen LogP contribution >= 0.6 is 0 Å². The van der Waals surface area contributed by atoms with Gasteiger partial charge in [-0.3, -0.25) is 0 Å². The molecule has 0 aliphatic rings. The summed E-state index contributed by atoms with van der Waals surface area (Å²) in [5.41, 5.74) is 1.62. The van der Waals surface area contributed by atoms with Crippen LogP contribution in [0.2, 0.25) is 0 Å². The summed E-state index contributed by atoms with van der Waals surface area (Å²) in [6, 6.07) is 17.1. The first kappa shape index (κ1) is 10.3. The summed E-state index contributed by atoms with van der Waals surface area (Å²) in [7, 11) is 0. The molecule has 0 saturated carbocycles. The third-order valence-electron chi connectivity index (χ3n) is 2.23. The fraction of sp³-hybridized carbons (Fsp3) is 0.0714. The lowest BCUT2D eigenvalue weighted by molar-refractivity contribution is 0.480. The SMILES string of the molecule is Cc1ccc(C#N)c(Oc2ccccc2)c1. The number of hydrogen-bond donors (Lipinski definition) is 0. The average molecular weight is 209 g/mol. The molecule has 0 heterocycles. The minimum absolute atomic E-state index is 0.550. The van der Waals surface area contributed by atoms with Crippen molar-refractivity contribution in [3.05, 3.63) is 59.7 Å². The Morgan fingerprint density at radius 1 is 1.06 bits per heavy atom. The van der Waals surface area contributed by atoms with E-state index in [1.807, 2.05) is 49.4 Å². The molecule has 0 bridgehead atoms. The fourth-order valence-corrected chi connectivity index (χ4v) is 1.42. The summed E-state index contributed by atoms with van der Waals surface area (Å²) in [6.07, 6.45) is 0. The number of hydrogen-bond acceptors (Lipinski definition) is 2. The number of nitrogens with zero attached hydrogens (tertiary/aromatic N) is 1. The number of ether oxygens (including phenoxy) is 1. The molecule has 2 nitrogen and oxygen atoms in total. The molecule has 0 aliphatic carbocycles. The van der Waals surface area contributed by atoms with Gasteiger partial charge in [0.25, 0.3) is 0 Å². The molecule has 2 rings (SSSR count). The second-order valence-electron chi connectivity index (χ2n) is 3.53. The van der Waals surface area contributed by atoms with Gasteiger partial charge in [0.15, 0.2) is 0 Å². The molecular formula is C14H11NO. The lowest BCUT2D eigenvalue weighted by Crippen LogP contribution is -1.88. The maximum absolute atomic E-state index is 8.96. The van der Waals surface area contributed by atoms with E-state index >= 15 is 0 Å². The predicted molar refractivity (Wildman–Crippen MR) is 62.4 cm³/mol. The lowest BCUT2D eigenvalue weighted by Gasteiger charge is -2.07. The highest BCUT2D eigenvalue weighted by molar-refractivity contribution is 5.47. The molecule has 0 unspecified atom stereocenters. The van der Waals surface area contributed by atoms with Gasteiger partial charge in [-0.05, 0) is 36.8 Å². The lowest BCUT2D eigenvalue weighted by atomic mass is 10.1. The molecular weight excluding hydrogens is 198 g/mol. The summed E-state index contributed by atoms with van der Waals surface area (Å²) in [6.45, 7) is 1.97. The smallest absolute Gasteiger partial charge is 0.145 e. The van der Waals surface area contributed by atoms with E-state index in [0.29, 0.717) is 11.3 Å². The quantitative estimate of drug-likeness (QED) is 0.756. The Morgan fingerprint density at radius 2 is 1.81 bits per heavy atom. The standard InChI is InChI=1S/C14H11NO/c1-11-7-8-12(10-15)14(9-11)16-13-5-3-2-4-6-13/h2-9H,1H3. The van der Waals surface area contributed by atoms with Gasteiger partial charge in [-0.1, -0.05) is 24.3 Å². The maximum atomic E-state index is 8.96. The van der Waals surface area contributed by atoms with Gasteiger partial charge in [0.1, 0.15) is 17.6 Å². The van der Waals surface area contributed by atoms with E-state index < -0.39 is 0 Å². The molecule has 16 heavy (non-hydrogen) atoms. The van der Waals surface area contributed by atoms with E-state index in [9.17, 15) is 0 Å². The van der Waals surface area contributed by atoms with Gasteiger partial charge < -0.3 is 4.74 Å². The molecule has 0 aliphatic heterocycles. The van der Waals surface area contributed by atoms with Crippen LogP contribution in [0.15, 0.2) is 48.5 Å². The summed E-state index contributed by atoms with van der Waals surface area (Å²) in [4.78, 5) is 0. The second-order valence-corrected chi connectivity index (χ2v) is 3.53. The fourth-order valence-electron chi connectivity index (χ4n) is 1.42. The van der Waals surface area contributed by atoms with Gasteiger partial charge in [-0.15, -0.1) is 0 Å². The van der Waals surface area contributed by atoms with Crippen LogP contribution in [0, 0.1) is 18.3 Å². The van der Waals surface area contributed by atoms with E-state index in [4.69, 9.17) is 10.00 Å². The first-order chi connectivity index (χ1) is 7.79. The van der Waals surface area contributed by atoms with Crippen LogP contribution in [0.4, 0.5) is 0 Å². The molecule has 0 atom stereocenters. The van der Waals surface area contributed by atoms with E-state index in [2.05, 4.69) is 6.07 Å². The predicted octanol–water partition coefficient (Wildman–Crippen LogP) is 3.66. The van der Waals surface area contributed by atoms with Crippen LogP contribution in [0.1, 0.15) is 11.1 Å². The first-order valence-electron chi connectivity index (χ1n) is 5.03. The summed E-state index contributed by atoms with van der Waals surface area (Å²) >= 11 is 0. The van der Waals surface area contributed by atoms with Crippen molar-refractivity contribution in [2.45, 2.75) is 6.92 Å². The molecule has 78 valence electrons. The zero-order chi connectivity index (χ0) is 11.4. The average Bonchev–Trinajstić information content (AvgIpc) is 2.31. The Balaban J connectivity index is 2.35. The maximum Gasteiger partial charge on any atom is 0.145 e. The van der Waals surface area contributed by atoms with Gasteiger partial charge in [0, 0.05) is 0 Å². The molecule has 2 aromatic rings. The van der Waals surface area contributed by atoms with Gasteiger partial charge in [-0.25, -0.2) is 0 Å². The Labute approximate surface area is 94.7 Å². The van der Waals surface area contributed by atoms with E-state index in [1.54, 1.807) is 6.07 Å². The van der Waals surface area contributed by atoms with Crippen LogP contribution in [0.5, 0.6) is 11.5 Å². The zero-order valence-corrected chi connectivity index (χ0v) is 8.97. The van der Waals surface area contributed by atoms with Crippen molar-refractivity contribution >= 4 is 0 Å². The van der Waals surface area contributed by atoms with Gasteiger partial charge in [0.2, 0.25) is 0 Å². The molecule has 0 spiro atoms. The van der Waals surface area contributed by atoms with Crippen molar-refractivity contribution in [2.75, 3.05) is 0 Å². The van der Waals surface area contributed by atoms with Crippen LogP contribution in [-0.4, -0.2) is 0 Å². The van der Waals surface area contributed by atoms with Crippen LogP contribution < -0.4 is 4.74 Å². The highest BCUT2D eigenvalue weighted by Gasteiger charge is 2.04. The molecule has 0 N–H and O–H groups in total. The van der Waals surface area contributed by atoms with E-state index in [-0.39, 0.29) is 0 Å². The molecule has 0 saturated heterocycles. The van der Waals surface area contributed by atoms with Gasteiger partial charge >= 0.3 is 0 Å². The normalized spacial score (nSPS) is 9.50. The number of benzene rings is 2. The highest BCUT2D eigenvalue weighted by atomic mass is 16.5. The molecule has 2 aromatic carbocycles. The summed E-state index contributed by atoms with van der Waals surface area (Å²) in [5.74, 6) is 1.35. The van der Waals surface area contributed by atoms with Crippen molar-refractivity contribution < 1.29 is 4.74 Å². The summed E-state index contributed by atoms with van der Waals surface area (Å²) in [5, 5.41) is 8.96. The molecule has 0 fully saturated rings. The molecule has 0 amide bonds. The van der Waals surface area contributed by atoms with E-state index in [0.717, 1.165) is 11.3 Å². The van der Waals surface area contributed by atoms with Crippen molar-refractivity contribution in [2.24, 2.45) is 0 Å². The van der Waals surface area contributed by atoms with Crippen molar-refractivity contribution in [1.29, 1.82) is 5.26 Å². The second kappa shape index (κ2) is 4.50. The number of rotatable bonds is 2. The Bertz CT molecular complexity index is 526. The number of para-hydroxylation sites is 1. The van der Waals surface area contributed by atoms with Crippen molar-refractivity contribution in [1.82, 2.24) is 0 Å². The molecule has 0 radical (unpaired) electrons.